The molecule has 2 rings (SSSR count). The van der Waals surface area contributed by atoms with Crippen LogP contribution in [0, 0.1) is 9.49 Å². The Kier molecular flexibility index (Phi) is 4.38. The van der Waals surface area contributed by atoms with Crippen LogP contribution in [0.1, 0.15) is 23.2 Å². The third-order valence-electron chi connectivity index (χ3n) is 2.79. The normalized spacial score (nSPS) is 17.4. The fraction of sp³-hybridized carbons (Fsp3) is 0.417. The van der Waals surface area contributed by atoms with Crippen molar-refractivity contribution in [3.8, 4) is 0 Å². The van der Waals surface area contributed by atoms with Crippen LogP contribution in [0.4, 0.5) is 0 Å². The number of rotatable bonds is 2. The minimum Gasteiger partial charge on any atom is -0.381 e. The zero-order valence-electron chi connectivity index (χ0n) is 8.71. The Morgan fingerprint density at radius 3 is 2.75 bits per heavy atom. The van der Waals surface area contributed by atoms with Gasteiger partial charge in [0.1, 0.15) is 0 Å². The highest BCUT2D eigenvalue weighted by molar-refractivity contribution is 14.1. The van der Waals surface area contributed by atoms with Gasteiger partial charge in [-0.05, 0) is 53.6 Å². The predicted octanol–water partition coefficient (Wildman–Crippen LogP) is 3.66. The average molecular weight is 395 g/mol. The van der Waals surface area contributed by atoms with E-state index in [4.69, 9.17) is 4.74 Å². The second kappa shape index (κ2) is 5.60. The van der Waals surface area contributed by atoms with Crippen molar-refractivity contribution in [1.29, 1.82) is 0 Å². The molecule has 0 aromatic heterocycles. The number of ketones is 1. The number of carbonyl (C=O) groups excluding carboxylic acids is 1. The molecule has 4 heteroatoms. The second-order valence-corrected chi connectivity index (χ2v) is 5.98. The third-order valence-corrected chi connectivity index (χ3v) is 4.15. The number of hydrogen-bond acceptors (Lipinski definition) is 2. The number of carbonyl (C=O) groups is 1. The highest BCUT2D eigenvalue weighted by Crippen LogP contribution is 2.26. The van der Waals surface area contributed by atoms with Crippen molar-refractivity contribution in [2.75, 3.05) is 13.2 Å². The Morgan fingerprint density at radius 1 is 1.38 bits per heavy atom. The van der Waals surface area contributed by atoms with Gasteiger partial charge in [-0.3, -0.25) is 4.79 Å². The van der Waals surface area contributed by atoms with Gasteiger partial charge in [-0.15, -0.1) is 0 Å². The van der Waals surface area contributed by atoms with Crippen molar-refractivity contribution in [2.45, 2.75) is 12.8 Å². The van der Waals surface area contributed by atoms with Crippen molar-refractivity contribution >= 4 is 44.3 Å². The lowest BCUT2D eigenvalue weighted by molar-refractivity contribution is 0.0544. The van der Waals surface area contributed by atoms with Gasteiger partial charge in [0, 0.05) is 32.7 Å². The number of halogens is 2. The molecule has 0 unspecified atom stereocenters. The summed E-state index contributed by atoms with van der Waals surface area (Å²) in [6, 6.07) is 5.88. The molecule has 1 saturated heterocycles. The minimum absolute atomic E-state index is 0.128. The second-order valence-electron chi connectivity index (χ2n) is 3.88. The molecule has 1 aliphatic rings. The molecule has 0 spiro atoms. The number of benzene rings is 1. The monoisotopic (exact) mass is 394 g/mol. The lowest BCUT2D eigenvalue weighted by Gasteiger charge is -2.21. The fourth-order valence-electron chi connectivity index (χ4n) is 1.87. The Labute approximate surface area is 117 Å². The first-order valence-electron chi connectivity index (χ1n) is 5.25. The standard InChI is InChI=1S/C12H12BrIO2/c13-11-2-1-9(14)7-10(11)12(15)8-3-5-16-6-4-8/h1-2,7-8H,3-6H2. The summed E-state index contributed by atoms with van der Waals surface area (Å²) in [4.78, 5) is 12.3. The number of hydrogen-bond donors (Lipinski definition) is 0. The first-order chi connectivity index (χ1) is 7.68. The van der Waals surface area contributed by atoms with Crippen LogP contribution in [0.5, 0.6) is 0 Å². The summed E-state index contributed by atoms with van der Waals surface area (Å²) < 4.78 is 7.26. The van der Waals surface area contributed by atoms with Gasteiger partial charge >= 0.3 is 0 Å². The Hall–Kier alpha value is 0.0600. The Bertz CT molecular complexity index is 400. The van der Waals surface area contributed by atoms with Crippen LogP contribution in [0.15, 0.2) is 22.7 Å². The van der Waals surface area contributed by atoms with Crippen LogP contribution in [0.3, 0.4) is 0 Å². The van der Waals surface area contributed by atoms with Gasteiger partial charge in [0.15, 0.2) is 5.78 Å². The SMILES string of the molecule is O=C(c1cc(I)ccc1Br)C1CCOCC1. The highest BCUT2D eigenvalue weighted by atomic mass is 127. The van der Waals surface area contributed by atoms with Crippen molar-refractivity contribution in [3.63, 3.8) is 0 Å². The molecule has 1 fully saturated rings. The van der Waals surface area contributed by atoms with Crippen molar-refractivity contribution in [3.05, 3.63) is 31.8 Å². The van der Waals surface area contributed by atoms with Crippen LogP contribution in [-0.2, 0) is 4.74 Å². The molecule has 1 heterocycles. The van der Waals surface area contributed by atoms with Gasteiger partial charge < -0.3 is 4.74 Å². The molecular formula is C12H12BrIO2. The molecule has 1 aliphatic heterocycles. The van der Waals surface area contributed by atoms with Gasteiger partial charge in [-0.2, -0.15) is 0 Å². The molecule has 1 aromatic carbocycles. The summed E-state index contributed by atoms with van der Waals surface area (Å²) in [6.45, 7) is 1.41. The third kappa shape index (κ3) is 2.84. The van der Waals surface area contributed by atoms with Crippen LogP contribution >= 0.6 is 38.5 Å². The molecule has 2 nitrogen and oxygen atoms in total. The zero-order chi connectivity index (χ0) is 11.5. The van der Waals surface area contributed by atoms with E-state index in [9.17, 15) is 4.79 Å². The smallest absolute Gasteiger partial charge is 0.167 e. The van der Waals surface area contributed by atoms with E-state index in [0.717, 1.165) is 26.4 Å². The highest BCUT2D eigenvalue weighted by Gasteiger charge is 2.24. The van der Waals surface area contributed by atoms with Gasteiger partial charge in [0.25, 0.3) is 0 Å². The maximum Gasteiger partial charge on any atom is 0.167 e. The summed E-state index contributed by atoms with van der Waals surface area (Å²) >= 11 is 5.67. The molecule has 0 N–H and O–H groups in total. The quantitative estimate of drug-likeness (QED) is 0.565. The van der Waals surface area contributed by atoms with E-state index in [1.54, 1.807) is 0 Å². The van der Waals surface area contributed by atoms with Gasteiger partial charge in [-0.1, -0.05) is 15.9 Å². The summed E-state index contributed by atoms with van der Waals surface area (Å²) in [5, 5.41) is 0. The summed E-state index contributed by atoms with van der Waals surface area (Å²) in [5.41, 5.74) is 0.804. The van der Waals surface area contributed by atoms with E-state index in [1.165, 1.54) is 0 Å². The molecule has 16 heavy (non-hydrogen) atoms. The van der Waals surface area contributed by atoms with Crippen molar-refractivity contribution in [1.82, 2.24) is 0 Å². The first-order valence-corrected chi connectivity index (χ1v) is 7.12. The summed E-state index contributed by atoms with van der Waals surface area (Å²) in [5.74, 6) is 0.372. The van der Waals surface area contributed by atoms with Gasteiger partial charge in [-0.25, -0.2) is 0 Å². The first kappa shape index (κ1) is 12.5. The summed E-state index contributed by atoms with van der Waals surface area (Å²) in [6.07, 6.45) is 1.69. The van der Waals surface area contributed by atoms with Crippen LogP contribution in [0.2, 0.25) is 0 Å². The maximum atomic E-state index is 12.3. The molecule has 86 valence electrons. The molecule has 1 aromatic rings. The average Bonchev–Trinajstić information content (AvgIpc) is 2.32. The largest absolute Gasteiger partial charge is 0.381 e. The molecule has 0 radical (unpaired) electrons. The van der Waals surface area contributed by atoms with Gasteiger partial charge in [0.05, 0.1) is 0 Å². The lowest BCUT2D eigenvalue weighted by Crippen LogP contribution is -2.23. The zero-order valence-corrected chi connectivity index (χ0v) is 12.5. The van der Waals surface area contributed by atoms with Gasteiger partial charge in [0.2, 0.25) is 0 Å². The van der Waals surface area contributed by atoms with Crippen molar-refractivity contribution in [2.24, 2.45) is 5.92 Å². The molecule has 0 bridgehead atoms. The van der Waals surface area contributed by atoms with E-state index < -0.39 is 0 Å². The van der Waals surface area contributed by atoms with Crippen LogP contribution < -0.4 is 0 Å². The van der Waals surface area contributed by atoms with Crippen LogP contribution in [-0.4, -0.2) is 19.0 Å². The molecule has 0 amide bonds. The number of Topliss-reactive ketones (excluding diaryl/α,β-unsaturated/α-hetero) is 1. The maximum absolute atomic E-state index is 12.3. The van der Waals surface area contributed by atoms with E-state index in [2.05, 4.69) is 38.5 Å². The molecule has 0 aliphatic carbocycles. The molecule has 0 saturated carbocycles. The minimum atomic E-state index is 0.128. The van der Waals surface area contributed by atoms with E-state index in [1.807, 2.05) is 18.2 Å². The van der Waals surface area contributed by atoms with Crippen LogP contribution in [0.25, 0.3) is 0 Å². The Balaban J connectivity index is 2.22. The topological polar surface area (TPSA) is 26.3 Å². The predicted molar refractivity (Wildman–Crippen MR) is 74.7 cm³/mol. The number of ether oxygens (including phenoxy) is 1. The van der Waals surface area contributed by atoms with E-state index in [-0.39, 0.29) is 11.7 Å². The lowest BCUT2D eigenvalue weighted by atomic mass is 9.91. The van der Waals surface area contributed by atoms with E-state index in [0.29, 0.717) is 13.2 Å². The molecule has 0 atom stereocenters. The molecular weight excluding hydrogens is 383 g/mol. The Morgan fingerprint density at radius 2 is 2.06 bits per heavy atom. The van der Waals surface area contributed by atoms with Crippen molar-refractivity contribution < 1.29 is 9.53 Å². The fourth-order valence-corrected chi connectivity index (χ4v) is 2.80. The summed E-state index contributed by atoms with van der Waals surface area (Å²) in [7, 11) is 0. The van der Waals surface area contributed by atoms with E-state index >= 15 is 0 Å².